The van der Waals surface area contributed by atoms with Gasteiger partial charge in [0.25, 0.3) is 0 Å². The lowest BCUT2D eigenvalue weighted by molar-refractivity contribution is 0.0121. The first-order valence-electron chi connectivity index (χ1n) is 7.46. The van der Waals surface area contributed by atoms with Crippen LogP contribution in [0.2, 0.25) is 0 Å². The predicted octanol–water partition coefficient (Wildman–Crippen LogP) is 3.03. The lowest BCUT2D eigenvalue weighted by atomic mass is 9.76. The van der Waals surface area contributed by atoms with Crippen molar-refractivity contribution >= 4 is 0 Å². The molecule has 1 spiro atoms. The second-order valence-electron chi connectivity index (χ2n) is 7.17. The molecular weight excluding hydrogens is 208 g/mol. The van der Waals surface area contributed by atoms with Crippen LogP contribution in [-0.4, -0.2) is 36.1 Å². The normalized spacial score (nSPS) is 30.7. The molecule has 2 heteroatoms. The zero-order chi connectivity index (χ0) is 12.5. The van der Waals surface area contributed by atoms with E-state index in [-0.39, 0.29) is 0 Å². The Bertz CT molecular complexity index is 248. The Balaban J connectivity index is 2.06. The van der Waals surface area contributed by atoms with E-state index in [0.717, 1.165) is 0 Å². The fourth-order valence-corrected chi connectivity index (χ4v) is 3.75. The highest BCUT2D eigenvalue weighted by Gasteiger charge is 2.42. The molecule has 1 heterocycles. The summed E-state index contributed by atoms with van der Waals surface area (Å²) in [6.45, 7) is 13.1. The van der Waals surface area contributed by atoms with Crippen LogP contribution in [0.3, 0.4) is 0 Å². The molecular formula is C15H30N2. The summed E-state index contributed by atoms with van der Waals surface area (Å²) >= 11 is 0. The smallest absolute Gasteiger partial charge is 0.0309 e. The van der Waals surface area contributed by atoms with Crippen LogP contribution in [0.5, 0.6) is 0 Å². The second-order valence-corrected chi connectivity index (χ2v) is 7.17. The van der Waals surface area contributed by atoms with Gasteiger partial charge in [-0.15, -0.1) is 0 Å². The van der Waals surface area contributed by atoms with Crippen LogP contribution in [0.1, 0.15) is 59.8 Å². The van der Waals surface area contributed by atoms with Gasteiger partial charge in [0.15, 0.2) is 0 Å². The molecule has 1 aliphatic carbocycles. The van der Waals surface area contributed by atoms with Crippen molar-refractivity contribution < 1.29 is 0 Å². The van der Waals surface area contributed by atoms with E-state index in [1.54, 1.807) is 0 Å². The standard InChI is InChI=1S/C15H30N2/c1-5-17-12-15(9-7-6-8-10-15)16-11-13(17)14(2,3)4/h13,16H,5-12H2,1-4H3. The van der Waals surface area contributed by atoms with Crippen LogP contribution >= 0.6 is 0 Å². The number of likely N-dealkylation sites (N-methyl/N-ethyl adjacent to an activating group) is 1. The average molecular weight is 238 g/mol. The van der Waals surface area contributed by atoms with E-state index in [2.05, 4.69) is 37.9 Å². The van der Waals surface area contributed by atoms with E-state index in [1.165, 1.54) is 51.7 Å². The van der Waals surface area contributed by atoms with E-state index in [1.807, 2.05) is 0 Å². The fourth-order valence-electron chi connectivity index (χ4n) is 3.75. The van der Waals surface area contributed by atoms with Gasteiger partial charge in [0, 0.05) is 24.7 Å². The molecule has 0 aromatic rings. The van der Waals surface area contributed by atoms with Gasteiger partial charge in [0.2, 0.25) is 0 Å². The van der Waals surface area contributed by atoms with Gasteiger partial charge in [-0.25, -0.2) is 0 Å². The van der Waals surface area contributed by atoms with Gasteiger partial charge in [-0.1, -0.05) is 47.0 Å². The summed E-state index contributed by atoms with van der Waals surface area (Å²) in [4.78, 5) is 2.72. The second kappa shape index (κ2) is 4.89. The quantitative estimate of drug-likeness (QED) is 0.755. The largest absolute Gasteiger partial charge is 0.308 e. The molecule has 0 radical (unpaired) electrons. The Morgan fingerprint density at radius 1 is 1.18 bits per heavy atom. The highest BCUT2D eigenvalue weighted by atomic mass is 15.3. The highest BCUT2D eigenvalue weighted by Crippen LogP contribution is 2.35. The van der Waals surface area contributed by atoms with Crippen molar-refractivity contribution in [3.8, 4) is 0 Å². The van der Waals surface area contributed by atoms with E-state index in [9.17, 15) is 0 Å². The first-order chi connectivity index (χ1) is 7.97. The van der Waals surface area contributed by atoms with Crippen LogP contribution in [0, 0.1) is 5.41 Å². The van der Waals surface area contributed by atoms with Crippen LogP contribution in [0.4, 0.5) is 0 Å². The van der Waals surface area contributed by atoms with Gasteiger partial charge in [-0.3, -0.25) is 4.90 Å². The molecule has 17 heavy (non-hydrogen) atoms. The first-order valence-corrected chi connectivity index (χ1v) is 7.46. The Labute approximate surface area is 107 Å². The van der Waals surface area contributed by atoms with Crippen molar-refractivity contribution in [3.63, 3.8) is 0 Å². The molecule has 100 valence electrons. The zero-order valence-electron chi connectivity index (χ0n) is 12.2. The SMILES string of the molecule is CCN1CC2(CCCCC2)NCC1C(C)(C)C. The average Bonchev–Trinajstić information content (AvgIpc) is 2.28. The number of piperazine rings is 1. The van der Waals surface area contributed by atoms with E-state index in [0.29, 0.717) is 17.0 Å². The van der Waals surface area contributed by atoms with Gasteiger partial charge < -0.3 is 5.32 Å². The van der Waals surface area contributed by atoms with E-state index in [4.69, 9.17) is 0 Å². The van der Waals surface area contributed by atoms with Crippen LogP contribution in [0.15, 0.2) is 0 Å². The lowest BCUT2D eigenvalue weighted by Gasteiger charge is -2.53. The summed E-state index contributed by atoms with van der Waals surface area (Å²) in [6, 6.07) is 0.694. The minimum atomic E-state index is 0.388. The molecule has 0 aromatic carbocycles. The molecule has 1 aliphatic heterocycles. The molecule has 1 N–H and O–H groups in total. The van der Waals surface area contributed by atoms with Crippen molar-refractivity contribution in [2.45, 2.75) is 71.4 Å². The third kappa shape index (κ3) is 2.85. The number of hydrogen-bond donors (Lipinski definition) is 1. The summed E-state index contributed by atoms with van der Waals surface area (Å²) in [5.74, 6) is 0. The molecule has 1 saturated carbocycles. The maximum atomic E-state index is 3.91. The molecule has 0 bridgehead atoms. The molecule has 1 unspecified atom stereocenters. The molecule has 0 aromatic heterocycles. The number of hydrogen-bond acceptors (Lipinski definition) is 2. The molecule has 2 aliphatic rings. The van der Waals surface area contributed by atoms with E-state index >= 15 is 0 Å². The first kappa shape index (κ1) is 13.4. The van der Waals surface area contributed by atoms with Gasteiger partial charge in [0.05, 0.1) is 0 Å². The monoisotopic (exact) mass is 238 g/mol. The maximum absolute atomic E-state index is 3.91. The predicted molar refractivity (Wildman–Crippen MR) is 74.3 cm³/mol. The molecule has 0 amide bonds. The minimum Gasteiger partial charge on any atom is -0.308 e. The number of nitrogens with one attached hydrogen (secondary N) is 1. The number of rotatable bonds is 1. The fraction of sp³-hybridized carbons (Fsp3) is 1.00. The third-order valence-corrected chi connectivity index (χ3v) is 4.83. The Morgan fingerprint density at radius 3 is 2.35 bits per heavy atom. The van der Waals surface area contributed by atoms with Crippen molar-refractivity contribution in [1.82, 2.24) is 10.2 Å². The maximum Gasteiger partial charge on any atom is 0.0309 e. The van der Waals surface area contributed by atoms with Gasteiger partial charge >= 0.3 is 0 Å². The van der Waals surface area contributed by atoms with Crippen LogP contribution in [-0.2, 0) is 0 Å². The molecule has 1 saturated heterocycles. The van der Waals surface area contributed by atoms with Gasteiger partial charge in [-0.2, -0.15) is 0 Å². The summed E-state index contributed by atoms with van der Waals surface area (Å²) in [5.41, 5.74) is 0.843. The van der Waals surface area contributed by atoms with Crippen LogP contribution in [0.25, 0.3) is 0 Å². The third-order valence-electron chi connectivity index (χ3n) is 4.83. The topological polar surface area (TPSA) is 15.3 Å². The summed E-state index contributed by atoms with van der Waals surface area (Å²) in [7, 11) is 0. The Kier molecular flexibility index (Phi) is 3.84. The lowest BCUT2D eigenvalue weighted by Crippen LogP contribution is -2.67. The van der Waals surface area contributed by atoms with Crippen molar-refractivity contribution in [1.29, 1.82) is 0 Å². The van der Waals surface area contributed by atoms with Gasteiger partial charge in [0.1, 0.15) is 0 Å². The van der Waals surface area contributed by atoms with Gasteiger partial charge in [-0.05, 0) is 24.8 Å². The molecule has 2 nitrogen and oxygen atoms in total. The highest BCUT2D eigenvalue weighted by molar-refractivity contribution is 5.01. The van der Waals surface area contributed by atoms with Crippen molar-refractivity contribution in [3.05, 3.63) is 0 Å². The Morgan fingerprint density at radius 2 is 1.82 bits per heavy atom. The van der Waals surface area contributed by atoms with Crippen molar-refractivity contribution in [2.24, 2.45) is 5.41 Å². The molecule has 2 rings (SSSR count). The summed E-state index contributed by atoms with van der Waals surface area (Å²) < 4.78 is 0. The number of nitrogens with zero attached hydrogens (tertiary/aromatic N) is 1. The minimum absolute atomic E-state index is 0.388. The molecule has 2 fully saturated rings. The van der Waals surface area contributed by atoms with E-state index < -0.39 is 0 Å². The zero-order valence-corrected chi connectivity index (χ0v) is 12.2. The molecule has 1 atom stereocenters. The van der Waals surface area contributed by atoms with Crippen LogP contribution < -0.4 is 5.32 Å². The summed E-state index contributed by atoms with van der Waals surface area (Å²) in [5, 5.41) is 3.91. The van der Waals surface area contributed by atoms with Crippen molar-refractivity contribution in [2.75, 3.05) is 19.6 Å². The Hall–Kier alpha value is -0.0800. The summed E-state index contributed by atoms with van der Waals surface area (Å²) in [6.07, 6.45) is 7.06.